The molecule has 0 radical (unpaired) electrons. The van der Waals surface area contributed by atoms with Crippen molar-refractivity contribution in [2.24, 2.45) is 7.05 Å². The molecule has 93 heavy (non-hydrogen) atoms. The smallest absolute Gasteiger partial charge is 0.332 e. The number of benzene rings is 3. The molecule has 1 aliphatic carbocycles. The summed E-state index contributed by atoms with van der Waals surface area (Å²) in [5.41, 5.74) is 6.31. The fourth-order valence-electron chi connectivity index (χ4n) is 11.7. The molecule has 3 amide bonds. The number of hydrogen-bond acceptors (Lipinski definition) is 18. The van der Waals surface area contributed by atoms with Gasteiger partial charge in [-0.2, -0.15) is 4.98 Å². The van der Waals surface area contributed by atoms with E-state index in [2.05, 4.69) is 49.1 Å². The maximum Gasteiger partial charge on any atom is 0.332 e. The molecule has 0 bridgehead atoms. The van der Waals surface area contributed by atoms with Crippen molar-refractivity contribution in [2.45, 2.75) is 97.8 Å². The Hall–Kier alpha value is -8.57. The fourth-order valence-corrected chi connectivity index (χ4v) is 11.7. The zero-order valence-electron chi connectivity index (χ0n) is 54.4. The predicted molar refractivity (Wildman–Crippen MR) is 354 cm³/mol. The topological polar surface area (TPSA) is 241 Å². The number of nitrogens with one attached hydrogen (secondary N) is 1. The van der Waals surface area contributed by atoms with Crippen molar-refractivity contribution in [3.8, 4) is 23.3 Å². The van der Waals surface area contributed by atoms with Gasteiger partial charge in [0.1, 0.15) is 22.9 Å². The highest BCUT2D eigenvalue weighted by Gasteiger charge is 2.36. The Morgan fingerprint density at radius 1 is 0.720 bits per heavy atom. The van der Waals surface area contributed by atoms with Crippen LogP contribution in [0, 0.1) is 32.6 Å². The van der Waals surface area contributed by atoms with Crippen LogP contribution in [0.5, 0.6) is 11.5 Å². The van der Waals surface area contributed by atoms with Crippen LogP contribution in [0.3, 0.4) is 0 Å². The minimum atomic E-state index is -0.530. The minimum Gasteiger partial charge on any atom is -0.456 e. The lowest BCUT2D eigenvalue weighted by Crippen LogP contribution is -2.48. The second-order valence-electron chi connectivity index (χ2n) is 23.6. The van der Waals surface area contributed by atoms with E-state index in [1.54, 1.807) is 48.9 Å². The van der Waals surface area contributed by atoms with E-state index >= 15 is 0 Å². The lowest BCUT2D eigenvalue weighted by Gasteiger charge is -2.38. The van der Waals surface area contributed by atoms with E-state index in [4.69, 9.17) is 38.1 Å². The SMILES string of the molecule is CC#CCn1c(N2CCC[C@@H](NC(=O)CCOCCOCCOCCOCCOCCOCCN(C)C(=O)CCc3cc(C)c(Oc4ccncc4C(=O)N4CCN(C5CC5)c5ccccc54)cc3C)C2)nc2c1c(=O)n(Cc1nc(C)c3ccccc3n1)c(=O)n2C. The highest BCUT2D eigenvalue weighted by molar-refractivity contribution is 6.10. The zero-order valence-corrected chi connectivity index (χ0v) is 54.4. The van der Waals surface area contributed by atoms with Gasteiger partial charge in [0.15, 0.2) is 11.2 Å². The molecule has 4 aromatic heterocycles. The lowest BCUT2D eigenvalue weighted by molar-refractivity contribution is -0.130. The van der Waals surface area contributed by atoms with Crippen LogP contribution in [-0.4, -0.2) is 187 Å². The Balaban J connectivity index is 0.533. The highest BCUT2D eigenvalue weighted by atomic mass is 16.6. The summed E-state index contributed by atoms with van der Waals surface area (Å²) in [5.74, 6) is 7.69. The number of para-hydroxylation sites is 3. The third kappa shape index (κ3) is 17.4. The summed E-state index contributed by atoms with van der Waals surface area (Å²) in [4.78, 5) is 94.6. The van der Waals surface area contributed by atoms with E-state index in [9.17, 15) is 24.0 Å². The Labute approximate surface area is 542 Å². The summed E-state index contributed by atoms with van der Waals surface area (Å²) in [6.07, 6.45) is 8.24. The first-order valence-electron chi connectivity index (χ1n) is 32.2. The Morgan fingerprint density at radius 3 is 2.11 bits per heavy atom. The molecule has 7 aromatic rings. The Bertz CT molecular complexity index is 3930. The van der Waals surface area contributed by atoms with Crippen LogP contribution in [0.4, 0.5) is 17.3 Å². The van der Waals surface area contributed by atoms with Gasteiger partial charge in [-0.3, -0.25) is 37.9 Å². The summed E-state index contributed by atoms with van der Waals surface area (Å²) in [6.45, 7) is 15.2. The van der Waals surface area contributed by atoms with Crippen molar-refractivity contribution >= 4 is 57.1 Å². The quantitative estimate of drug-likeness (QED) is 0.0350. The van der Waals surface area contributed by atoms with Crippen molar-refractivity contribution in [3.05, 3.63) is 134 Å². The highest BCUT2D eigenvalue weighted by Crippen LogP contribution is 2.41. The second-order valence-corrected chi connectivity index (χ2v) is 23.6. The number of likely N-dealkylation sites (N-methyl/N-ethyl adjacent to an activating group) is 1. The van der Waals surface area contributed by atoms with Crippen molar-refractivity contribution in [3.63, 3.8) is 0 Å². The third-order valence-corrected chi connectivity index (χ3v) is 16.9. The third-order valence-electron chi connectivity index (χ3n) is 16.9. The van der Waals surface area contributed by atoms with Gasteiger partial charge in [0, 0.05) is 95.2 Å². The number of pyridine rings is 1. The normalized spacial score (nSPS) is 14.7. The Kier molecular flexibility index (Phi) is 23.8. The van der Waals surface area contributed by atoms with Gasteiger partial charge in [0.25, 0.3) is 11.5 Å². The van der Waals surface area contributed by atoms with Crippen LogP contribution in [0.2, 0.25) is 0 Å². The molecule has 2 aliphatic heterocycles. The standard InChI is InChI=1S/C69H86N12O12/c1-7-8-27-80-64-65(76(6)69(86)81(67(64)85)47-61-71-50(4)54-15-9-10-16-56(54)73-61)74-68(80)77-26-13-14-52(46-77)72-62(82)24-31-87-33-35-89-37-39-91-41-42-92-40-38-90-36-34-88-32-30-75(5)63(83)22-19-51-43-49(3)60(44-48(51)2)93-59-23-25-70-45-55(59)66(84)79-29-28-78(53-20-21-53)57-17-11-12-18-58(57)79/h9-12,15-18,23,25,43-45,52-53H,13-14,19-22,24,26-42,46-47H2,1-6H3,(H,72,82)/t52-/m1/s1. The molecule has 3 aromatic carbocycles. The van der Waals surface area contributed by atoms with Gasteiger partial charge in [0.2, 0.25) is 17.8 Å². The number of carbonyl (C=O) groups excluding carboxylic acids is 3. The molecule has 24 heteroatoms. The van der Waals surface area contributed by atoms with E-state index < -0.39 is 11.2 Å². The number of amides is 3. The van der Waals surface area contributed by atoms with E-state index in [0.717, 1.165) is 68.6 Å². The van der Waals surface area contributed by atoms with Gasteiger partial charge in [-0.1, -0.05) is 42.3 Å². The zero-order chi connectivity index (χ0) is 65.2. The fraction of sp³-hybridized carbons (Fsp3) is 0.493. The first-order chi connectivity index (χ1) is 45.3. The number of aromatic nitrogens is 7. The summed E-state index contributed by atoms with van der Waals surface area (Å²) in [6, 6.07) is 21.9. The van der Waals surface area contributed by atoms with Crippen molar-refractivity contribution in [2.75, 3.05) is 134 Å². The number of hydrogen-bond donors (Lipinski definition) is 1. The molecule has 3 aliphatic rings. The first-order valence-corrected chi connectivity index (χ1v) is 32.2. The first kappa shape index (κ1) is 67.3. The molecule has 1 saturated heterocycles. The van der Waals surface area contributed by atoms with Crippen molar-refractivity contribution in [1.29, 1.82) is 0 Å². The summed E-state index contributed by atoms with van der Waals surface area (Å²) >= 11 is 0. The summed E-state index contributed by atoms with van der Waals surface area (Å²) in [7, 11) is 3.38. The second kappa shape index (κ2) is 32.8. The van der Waals surface area contributed by atoms with E-state index in [1.165, 1.54) is 17.4 Å². The number of fused-ring (bicyclic) bond motifs is 3. The van der Waals surface area contributed by atoms with Gasteiger partial charge in [0.05, 0.1) is 109 Å². The van der Waals surface area contributed by atoms with E-state index in [1.807, 2.05) is 79.1 Å². The summed E-state index contributed by atoms with van der Waals surface area (Å²) < 4.78 is 44.7. The molecular formula is C69H86N12O12. The van der Waals surface area contributed by atoms with Gasteiger partial charge >= 0.3 is 5.69 Å². The van der Waals surface area contributed by atoms with Crippen molar-refractivity contribution < 1.29 is 47.5 Å². The predicted octanol–water partition coefficient (Wildman–Crippen LogP) is 6.32. The maximum absolute atomic E-state index is 14.2. The van der Waals surface area contributed by atoms with Gasteiger partial charge in [-0.15, -0.1) is 5.92 Å². The number of nitrogens with zero attached hydrogens (tertiary/aromatic N) is 11. The van der Waals surface area contributed by atoms with Gasteiger partial charge in [-0.25, -0.2) is 14.8 Å². The van der Waals surface area contributed by atoms with E-state index in [-0.39, 0.29) is 61.0 Å². The molecule has 6 heterocycles. The van der Waals surface area contributed by atoms with E-state index in [0.29, 0.717) is 147 Å². The number of rotatable bonds is 33. The number of imidazole rings is 1. The lowest BCUT2D eigenvalue weighted by atomic mass is 10.00. The average molecular weight is 1280 g/mol. The molecule has 1 saturated carbocycles. The van der Waals surface area contributed by atoms with Crippen LogP contribution in [-0.2, 0) is 64.6 Å². The molecule has 1 atom stereocenters. The molecule has 2 fully saturated rings. The van der Waals surface area contributed by atoms with Crippen molar-refractivity contribution in [1.82, 2.24) is 43.9 Å². The average Bonchev–Trinajstić information content (AvgIpc) is 1.89. The molecule has 494 valence electrons. The molecule has 0 unspecified atom stereocenters. The molecule has 24 nitrogen and oxygen atoms in total. The number of carbonyl (C=O) groups is 3. The largest absolute Gasteiger partial charge is 0.456 e. The summed E-state index contributed by atoms with van der Waals surface area (Å²) in [5, 5.41) is 4.04. The van der Waals surface area contributed by atoms with Crippen LogP contribution < -0.4 is 36.0 Å². The minimum absolute atomic E-state index is 0.0260. The Morgan fingerprint density at radius 2 is 1.40 bits per heavy atom. The van der Waals surface area contributed by atoms with Crippen LogP contribution in [0.15, 0.2) is 88.7 Å². The number of piperidine rings is 1. The molecular weight excluding hydrogens is 1190 g/mol. The monoisotopic (exact) mass is 1270 g/mol. The number of anilines is 3. The molecule has 1 N–H and O–H groups in total. The molecule has 0 spiro atoms. The molecule has 10 rings (SSSR count). The van der Waals surface area contributed by atoms with Gasteiger partial charge in [-0.05, 0) is 107 Å². The van der Waals surface area contributed by atoms with Crippen LogP contribution in [0.1, 0.15) is 84.0 Å². The number of ether oxygens (including phenoxy) is 7. The number of aryl methyl sites for hydroxylation is 5. The van der Waals surface area contributed by atoms with Gasteiger partial charge < -0.3 is 58.1 Å². The van der Waals surface area contributed by atoms with Crippen LogP contribution >= 0.6 is 0 Å². The van der Waals surface area contributed by atoms with Crippen LogP contribution in [0.25, 0.3) is 22.1 Å². The maximum atomic E-state index is 14.2.